The minimum atomic E-state index is -3.55. The van der Waals surface area contributed by atoms with Crippen molar-refractivity contribution in [3.05, 3.63) is 52.4 Å². The van der Waals surface area contributed by atoms with Gasteiger partial charge in [-0.25, -0.2) is 8.42 Å². The highest BCUT2D eigenvalue weighted by molar-refractivity contribution is 7.91. The van der Waals surface area contributed by atoms with E-state index in [1.54, 1.807) is 6.07 Å². The van der Waals surface area contributed by atoms with Crippen molar-refractivity contribution in [1.82, 2.24) is 9.21 Å². The van der Waals surface area contributed by atoms with E-state index in [2.05, 4.69) is 0 Å². The van der Waals surface area contributed by atoms with E-state index in [9.17, 15) is 13.2 Å². The fourth-order valence-electron chi connectivity index (χ4n) is 2.96. The van der Waals surface area contributed by atoms with E-state index < -0.39 is 22.0 Å². The zero-order chi connectivity index (χ0) is 18.0. The fraction of sp³-hybridized carbons (Fsp3) is 0.312. The van der Waals surface area contributed by atoms with E-state index in [1.165, 1.54) is 10.4 Å². The average Bonchev–Trinajstić information content (AvgIpc) is 3.03. The van der Waals surface area contributed by atoms with Gasteiger partial charge in [-0.2, -0.15) is 4.31 Å². The van der Waals surface area contributed by atoms with Gasteiger partial charge in [-0.05, 0) is 17.7 Å². The number of primary amides is 1. The molecule has 1 atom stereocenters. The van der Waals surface area contributed by atoms with E-state index in [0.29, 0.717) is 30.5 Å². The number of carbonyl (C=O) groups excluding carboxylic acids is 1. The van der Waals surface area contributed by atoms with E-state index in [4.69, 9.17) is 17.3 Å². The summed E-state index contributed by atoms with van der Waals surface area (Å²) in [7, 11) is -3.55. The average molecular weight is 400 g/mol. The Hall–Kier alpha value is -1.45. The summed E-state index contributed by atoms with van der Waals surface area (Å²) in [4.78, 5) is 13.9. The highest BCUT2D eigenvalue weighted by Gasteiger charge is 2.34. The largest absolute Gasteiger partial charge is 0.368 e. The van der Waals surface area contributed by atoms with Crippen molar-refractivity contribution < 1.29 is 13.2 Å². The number of hydrogen-bond acceptors (Lipinski definition) is 5. The van der Waals surface area contributed by atoms with Crippen LogP contribution in [0.25, 0.3) is 0 Å². The third-order valence-electron chi connectivity index (χ3n) is 4.17. The lowest BCUT2D eigenvalue weighted by Crippen LogP contribution is -2.51. The van der Waals surface area contributed by atoms with Gasteiger partial charge in [-0.1, -0.05) is 41.9 Å². The van der Waals surface area contributed by atoms with E-state index in [0.717, 1.165) is 16.9 Å². The van der Waals surface area contributed by atoms with Crippen molar-refractivity contribution in [2.75, 3.05) is 26.2 Å². The third-order valence-corrected chi connectivity index (χ3v) is 7.76. The van der Waals surface area contributed by atoms with Crippen molar-refractivity contribution >= 4 is 38.9 Å². The molecule has 0 spiro atoms. The lowest BCUT2D eigenvalue weighted by Gasteiger charge is -2.37. The molecular formula is C16H18ClN3O3S2. The van der Waals surface area contributed by atoms with E-state index in [1.807, 2.05) is 35.2 Å². The van der Waals surface area contributed by atoms with Gasteiger partial charge in [0, 0.05) is 26.2 Å². The molecule has 1 aromatic heterocycles. The van der Waals surface area contributed by atoms with Gasteiger partial charge in [0.2, 0.25) is 5.91 Å². The molecule has 1 aromatic carbocycles. The first-order chi connectivity index (χ1) is 11.9. The number of hydrogen-bond donors (Lipinski definition) is 1. The fourth-order valence-corrected chi connectivity index (χ4v) is 6.02. The molecule has 134 valence electrons. The Morgan fingerprint density at radius 1 is 1.08 bits per heavy atom. The van der Waals surface area contributed by atoms with Crippen LogP contribution in [0.2, 0.25) is 4.34 Å². The Morgan fingerprint density at radius 3 is 2.24 bits per heavy atom. The quantitative estimate of drug-likeness (QED) is 0.832. The Labute approximate surface area is 155 Å². The third kappa shape index (κ3) is 3.88. The van der Waals surface area contributed by atoms with Gasteiger partial charge in [0.1, 0.15) is 10.3 Å². The number of nitrogens with two attached hydrogens (primary N) is 1. The van der Waals surface area contributed by atoms with Crippen molar-refractivity contribution in [2.45, 2.75) is 10.3 Å². The summed E-state index contributed by atoms with van der Waals surface area (Å²) in [5.74, 6) is -0.437. The number of nitrogens with zero attached hydrogens (tertiary/aromatic N) is 2. The molecule has 1 aliphatic rings. The minimum absolute atomic E-state index is 0.237. The van der Waals surface area contributed by atoms with Crippen LogP contribution in [0.1, 0.15) is 11.6 Å². The molecule has 1 amide bonds. The number of carbonyl (C=O) groups is 1. The van der Waals surface area contributed by atoms with Crippen LogP contribution in [-0.4, -0.2) is 49.7 Å². The van der Waals surface area contributed by atoms with E-state index in [-0.39, 0.29) is 4.21 Å². The maximum absolute atomic E-state index is 12.6. The van der Waals surface area contributed by atoms with Crippen molar-refractivity contribution in [1.29, 1.82) is 0 Å². The lowest BCUT2D eigenvalue weighted by atomic mass is 10.0. The van der Waals surface area contributed by atoms with Gasteiger partial charge in [0.25, 0.3) is 10.0 Å². The predicted octanol–water partition coefficient (Wildman–Crippen LogP) is 1.93. The van der Waals surface area contributed by atoms with Gasteiger partial charge in [0.15, 0.2) is 0 Å². The molecule has 2 heterocycles. The molecule has 2 aromatic rings. The first kappa shape index (κ1) is 18.3. The van der Waals surface area contributed by atoms with Crippen molar-refractivity contribution in [3.8, 4) is 0 Å². The maximum Gasteiger partial charge on any atom is 0.252 e. The van der Waals surface area contributed by atoms with Crippen LogP contribution in [0, 0.1) is 0 Å². The summed E-state index contributed by atoms with van der Waals surface area (Å²) < 4.78 is 27.4. The first-order valence-corrected chi connectivity index (χ1v) is 10.4. The summed E-state index contributed by atoms with van der Waals surface area (Å²) in [6.07, 6.45) is 0. The zero-order valence-electron chi connectivity index (χ0n) is 13.3. The van der Waals surface area contributed by atoms with Crippen LogP contribution >= 0.6 is 22.9 Å². The highest BCUT2D eigenvalue weighted by Crippen LogP contribution is 2.29. The van der Waals surface area contributed by atoms with Crippen molar-refractivity contribution in [3.63, 3.8) is 0 Å². The molecule has 3 rings (SSSR count). The van der Waals surface area contributed by atoms with Gasteiger partial charge < -0.3 is 5.73 Å². The topological polar surface area (TPSA) is 83.7 Å². The Balaban J connectivity index is 1.73. The van der Waals surface area contributed by atoms with Crippen LogP contribution in [0.15, 0.2) is 46.7 Å². The number of piperazine rings is 1. The SMILES string of the molecule is NC(=O)C(c1ccccc1)N1CCN(S(=O)(=O)c2ccc(Cl)s2)CC1. The summed E-state index contributed by atoms with van der Waals surface area (Å²) in [5.41, 5.74) is 6.40. The molecule has 1 unspecified atom stereocenters. The van der Waals surface area contributed by atoms with Gasteiger partial charge in [-0.15, -0.1) is 11.3 Å². The second-order valence-electron chi connectivity index (χ2n) is 5.71. The van der Waals surface area contributed by atoms with Crippen LogP contribution in [0.4, 0.5) is 0 Å². The van der Waals surface area contributed by atoms with E-state index >= 15 is 0 Å². The number of amides is 1. The standard InChI is InChI=1S/C16H18ClN3O3S2/c17-13-6-7-14(24-13)25(22,23)20-10-8-19(9-11-20)15(16(18)21)12-4-2-1-3-5-12/h1-7,15H,8-11H2,(H2,18,21). The lowest BCUT2D eigenvalue weighted by molar-refractivity contribution is -0.124. The van der Waals surface area contributed by atoms with Gasteiger partial charge >= 0.3 is 0 Å². The minimum Gasteiger partial charge on any atom is -0.368 e. The maximum atomic E-state index is 12.6. The molecule has 0 bridgehead atoms. The molecular weight excluding hydrogens is 382 g/mol. The first-order valence-electron chi connectivity index (χ1n) is 7.73. The summed E-state index contributed by atoms with van der Waals surface area (Å²) >= 11 is 6.89. The second-order valence-corrected chi connectivity index (χ2v) is 9.59. The second kappa shape index (κ2) is 7.43. The normalized spacial score (nSPS) is 18.1. The monoisotopic (exact) mass is 399 g/mol. The van der Waals surface area contributed by atoms with Crippen molar-refractivity contribution in [2.24, 2.45) is 5.73 Å². The number of sulfonamides is 1. The van der Waals surface area contributed by atoms with Gasteiger partial charge in [-0.3, -0.25) is 9.69 Å². The highest BCUT2D eigenvalue weighted by atomic mass is 35.5. The number of benzene rings is 1. The Kier molecular flexibility index (Phi) is 5.45. The number of halogens is 1. The molecule has 0 radical (unpaired) electrons. The van der Waals surface area contributed by atoms with Crippen LogP contribution in [-0.2, 0) is 14.8 Å². The molecule has 1 fully saturated rings. The summed E-state index contributed by atoms with van der Waals surface area (Å²) in [6, 6.07) is 11.8. The molecule has 1 saturated heterocycles. The smallest absolute Gasteiger partial charge is 0.252 e. The Morgan fingerprint density at radius 2 is 1.72 bits per heavy atom. The predicted molar refractivity (Wildman–Crippen MR) is 98.0 cm³/mol. The zero-order valence-corrected chi connectivity index (χ0v) is 15.7. The summed E-state index contributed by atoms with van der Waals surface area (Å²) in [5, 5.41) is 0. The van der Waals surface area contributed by atoms with Crippen LogP contribution in [0.3, 0.4) is 0 Å². The van der Waals surface area contributed by atoms with Crippen LogP contribution < -0.4 is 5.73 Å². The molecule has 0 aliphatic carbocycles. The Bertz CT molecular complexity index is 847. The number of thiophene rings is 1. The summed E-state index contributed by atoms with van der Waals surface area (Å²) in [6.45, 7) is 1.46. The van der Waals surface area contributed by atoms with Gasteiger partial charge in [0.05, 0.1) is 4.34 Å². The molecule has 9 heteroatoms. The molecule has 2 N–H and O–H groups in total. The molecule has 25 heavy (non-hydrogen) atoms. The molecule has 0 saturated carbocycles. The van der Waals surface area contributed by atoms with Crippen LogP contribution in [0.5, 0.6) is 0 Å². The number of rotatable bonds is 5. The molecule has 1 aliphatic heterocycles. The molecule has 6 nitrogen and oxygen atoms in total.